The van der Waals surface area contributed by atoms with Gasteiger partial charge < -0.3 is 10.0 Å². The van der Waals surface area contributed by atoms with Crippen molar-refractivity contribution in [1.82, 2.24) is 4.90 Å². The average molecular weight is 275 g/mol. The van der Waals surface area contributed by atoms with Crippen LogP contribution in [0.4, 0.5) is 0 Å². The van der Waals surface area contributed by atoms with E-state index in [1.165, 1.54) is 0 Å². The van der Waals surface area contributed by atoms with Gasteiger partial charge in [-0.1, -0.05) is 0 Å². The van der Waals surface area contributed by atoms with Crippen LogP contribution in [0.3, 0.4) is 0 Å². The molecule has 0 aromatic carbocycles. The average Bonchev–Trinajstić information content (AvgIpc) is 2.57. The number of amides is 1. The van der Waals surface area contributed by atoms with Crippen LogP contribution in [0.5, 0.6) is 0 Å². The molecule has 1 amide bonds. The molecular weight excluding hydrogens is 254 g/mol. The van der Waals surface area contributed by atoms with Gasteiger partial charge >= 0.3 is 0 Å². The number of rotatable bonds is 2. The molecule has 2 saturated heterocycles. The number of hydrogen-bond donors (Lipinski definition) is 1. The van der Waals surface area contributed by atoms with Crippen LogP contribution in [-0.4, -0.2) is 54.5 Å². The first kappa shape index (κ1) is 13.8. The van der Waals surface area contributed by atoms with Crippen LogP contribution in [0.1, 0.15) is 32.6 Å². The van der Waals surface area contributed by atoms with Crippen LogP contribution in [0, 0.1) is 5.92 Å². The normalized spacial score (nSPS) is 30.3. The molecule has 2 aliphatic heterocycles. The van der Waals surface area contributed by atoms with Crippen molar-refractivity contribution in [3.05, 3.63) is 0 Å². The highest BCUT2D eigenvalue weighted by Gasteiger charge is 2.33. The summed E-state index contributed by atoms with van der Waals surface area (Å²) in [5, 5.41) is 9.81. The molecule has 0 saturated carbocycles. The second-order valence-electron chi connectivity index (χ2n) is 5.85. The topological polar surface area (TPSA) is 74.7 Å². The maximum absolute atomic E-state index is 12.0. The van der Waals surface area contributed by atoms with E-state index in [9.17, 15) is 18.3 Å². The summed E-state index contributed by atoms with van der Waals surface area (Å²) in [6, 6.07) is 0. The molecule has 2 rings (SSSR count). The Bertz CT molecular complexity index is 419. The van der Waals surface area contributed by atoms with Crippen LogP contribution in [0.15, 0.2) is 0 Å². The standard InChI is InChI=1S/C12H21NO4S/c1-12(15)3-5-13(6-4-12)11(14)8-10-2-7-18(16,17)9-10/h10,15H,2-9H2,1H3. The number of hydrogen-bond acceptors (Lipinski definition) is 4. The van der Waals surface area contributed by atoms with Crippen molar-refractivity contribution in [3.8, 4) is 0 Å². The predicted octanol–water partition coefficient (Wildman–Crippen LogP) is 0.185. The fourth-order valence-electron chi connectivity index (χ4n) is 2.65. The third-order valence-corrected chi connectivity index (χ3v) is 5.82. The van der Waals surface area contributed by atoms with Crippen molar-refractivity contribution < 1.29 is 18.3 Å². The van der Waals surface area contributed by atoms with Gasteiger partial charge in [-0.2, -0.15) is 0 Å². The van der Waals surface area contributed by atoms with E-state index in [-0.39, 0.29) is 23.3 Å². The smallest absolute Gasteiger partial charge is 0.222 e. The van der Waals surface area contributed by atoms with Gasteiger partial charge in [0.15, 0.2) is 9.84 Å². The van der Waals surface area contributed by atoms with E-state index in [4.69, 9.17) is 0 Å². The quantitative estimate of drug-likeness (QED) is 0.780. The summed E-state index contributed by atoms with van der Waals surface area (Å²) in [5.41, 5.74) is -0.659. The minimum absolute atomic E-state index is 0.00932. The number of piperidine rings is 1. The molecule has 0 aromatic heterocycles. The number of carbonyl (C=O) groups excluding carboxylic acids is 1. The molecule has 1 atom stereocenters. The van der Waals surface area contributed by atoms with E-state index in [0.717, 1.165) is 0 Å². The largest absolute Gasteiger partial charge is 0.390 e. The summed E-state index contributed by atoms with van der Waals surface area (Å²) in [6.07, 6.45) is 2.14. The molecule has 0 radical (unpaired) electrons. The fraction of sp³-hybridized carbons (Fsp3) is 0.917. The van der Waals surface area contributed by atoms with Crippen molar-refractivity contribution in [2.24, 2.45) is 5.92 Å². The summed E-state index contributed by atoms with van der Waals surface area (Å²) in [5.74, 6) is 0.404. The molecule has 2 fully saturated rings. The van der Waals surface area contributed by atoms with E-state index in [2.05, 4.69) is 0 Å². The number of nitrogens with zero attached hydrogens (tertiary/aromatic N) is 1. The minimum atomic E-state index is -2.90. The Kier molecular flexibility index (Phi) is 3.69. The lowest BCUT2D eigenvalue weighted by molar-refractivity contribution is -0.135. The molecule has 104 valence electrons. The van der Waals surface area contributed by atoms with Crippen molar-refractivity contribution in [2.45, 2.75) is 38.2 Å². The zero-order chi connectivity index (χ0) is 13.4. The Hall–Kier alpha value is -0.620. The highest BCUT2D eigenvalue weighted by Crippen LogP contribution is 2.25. The Labute approximate surface area is 108 Å². The third kappa shape index (κ3) is 3.45. The van der Waals surface area contributed by atoms with Gasteiger partial charge in [0.05, 0.1) is 17.1 Å². The Morgan fingerprint density at radius 2 is 2.00 bits per heavy atom. The van der Waals surface area contributed by atoms with Crippen molar-refractivity contribution >= 4 is 15.7 Å². The highest BCUT2D eigenvalue weighted by molar-refractivity contribution is 7.91. The van der Waals surface area contributed by atoms with Crippen molar-refractivity contribution in [2.75, 3.05) is 24.6 Å². The molecule has 2 heterocycles. The summed E-state index contributed by atoms with van der Waals surface area (Å²) >= 11 is 0. The molecule has 0 aliphatic carbocycles. The second kappa shape index (κ2) is 4.81. The lowest BCUT2D eigenvalue weighted by atomic mass is 9.93. The second-order valence-corrected chi connectivity index (χ2v) is 8.08. The lowest BCUT2D eigenvalue weighted by Gasteiger charge is -2.36. The molecule has 0 aromatic rings. The first-order chi connectivity index (χ1) is 8.27. The molecule has 1 N–H and O–H groups in total. The molecule has 1 unspecified atom stereocenters. The molecule has 18 heavy (non-hydrogen) atoms. The molecular formula is C12H21NO4S. The van der Waals surface area contributed by atoms with Crippen LogP contribution in [-0.2, 0) is 14.6 Å². The maximum Gasteiger partial charge on any atom is 0.222 e. The van der Waals surface area contributed by atoms with Gasteiger partial charge in [-0.15, -0.1) is 0 Å². The SMILES string of the molecule is CC1(O)CCN(C(=O)CC2CCS(=O)(=O)C2)CC1. The van der Waals surface area contributed by atoms with Gasteiger partial charge in [-0.25, -0.2) is 8.42 Å². The van der Waals surface area contributed by atoms with Gasteiger partial charge in [-0.3, -0.25) is 4.79 Å². The highest BCUT2D eigenvalue weighted by atomic mass is 32.2. The Balaban J connectivity index is 1.83. The zero-order valence-corrected chi connectivity index (χ0v) is 11.6. The first-order valence-electron chi connectivity index (χ1n) is 6.48. The van der Waals surface area contributed by atoms with E-state index >= 15 is 0 Å². The summed E-state index contributed by atoms with van der Waals surface area (Å²) < 4.78 is 22.7. The molecule has 2 aliphatic rings. The lowest BCUT2D eigenvalue weighted by Crippen LogP contribution is -2.45. The van der Waals surface area contributed by atoms with Gasteiger partial charge in [0.25, 0.3) is 0 Å². The van der Waals surface area contributed by atoms with Gasteiger partial charge in [0.1, 0.15) is 0 Å². The Morgan fingerprint density at radius 3 is 2.50 bits per heavy atom. The van der Waals surface area contributed by atoms with Crippen LogP contribution in [0.25, 0.3) is 0 Å². The first-order valence-corrected chi connectivity index (χ1v) is 8.30. The van der Waals surface area contributed by atoms with Gasteiger partial charge in [0, 0.05) is 19.5 Å². The van der Waals surface area contributed by atoms with Crippen LogP contribution in [0.2, 0.25) is 0 Å². The van der Waals surface area contributed by atoms with E-state index in [0.29, 0.717) is 38.8 Å². The summed E-state index contributed by atoms with van der Waals surface area (Å²) in [6.45, 7) is 2.94. The third-order valence-electron chi connectivity index (χ3n) is 3.98. The minimum Gasteiger partial charge on any atom is -0.390 e. The molecule has 0 spiro atoms. The van der Waals surface area contributed by atoms with E-state index < -0.39 is 15.4 Å². The van der Waals surface area contributed by atoms with Crippen LogP contribution < -0.4 is 0 Å². The Morgan fingerprint density at radius 1 is 1.39 bits per heavy atom. The fourth-order valence-corrected chi connectivity index (χ4v) is 4.51. The predicted molar refractivity (Wildman–Crippen MR) is 67.8 cm³/mol. The van der Waals surface area contributed by atoms with E-state index in [1.807, 2.05) is 0 Å². The van der Waals surface area contributed by atoms with E-state index in [1.54, 1.807) is 11.8 Å². The summed E-state index contributed by atoms with van der Waals surface area (Å²) in [7, 11) is -2.90. The number of sulfone groups is 1. The summed E-state index contributed by atoms with van der Waals surface area (Å²) in [4.78, 5) is 13.8. The van der Waals surface area contributed by atoms with Crippen molar-refractivity contribution in [3.63, 3.8) is 0 Å². The van der Waals surface area contributed by atoms with Gasteiger partial charge in [0.2, 0.25) is 5.91 Å². The van der Waals surface area contributed by atoms with Crippen molar-refractivity contribution in [1.29, 1.82) is 0 Å². The molecule has 6 heteroatoms. The zero-order valence-electron chi connectivity index (χ0n) is 10.8. The maximum atomic E-state index is 12.0. The number of likely N-dealkylation sites (tertiary alicyclic amines) is 1. The van der Waals surface area contributed by atoms with Gasteiger partial charge in [-0.05, 0) is 32.1 Å². The molecule has 5 nitrogen and oxygen atoms in total. The number of carbonyl (C=O) groups is 1. The molecule has 0 bridgehead atoms. The monoisotopic (exact) mass is 275 g/mol. The number of aliphatic hydroxyl groups is 1. The van der Waals surface area contributed by atoms with Crippen LogP contribution >= 0.6 is 0 Å².